The van der Waals surface area contributed by atoms with E-state index < -0.39 is 43.0 Å². The zero-order chi connectivity index (χ0) is 17.8. The highest BCUT2D eigenvalue weighted by atomic mass is 16.4. The number of amides is 1. The van der Waals surface area contributed by atoms with Crippen molar-refractivity contribution >= 4 is 25.0 Å². The van der Waals surface area contributed by atoms with Gasteiger partial charge < -0.3 is 36.6 Å². The van der Waals surface area contributed by atoms with Gasteiger partial charge in [0.1, 0.15) is 5.54 Å². The van der Waals surface area contributed by atoms with Crippen LogP contribution in [0.15, 0.2) is 0 Å². The molecule has 1 heterocycles. The number of carbonyl (C=O) groups is 3. The maximum atomic E-state index is 12.2. The summed E-state index contributed by atoms with van der Waals surface area (Å²) >= 11 is 0. The summed E-state index contributed by atoms with van der Waals surface area (Å²) < 4.78 is 0. The molecule has 0 bridgehead atoms. The van der Waals surface area contributed by atoms with E-state index >= 15 is 0 Å². The number of nitrogens with two attached hydrogens (primary N) is 2. The molecule has 23 heavy (non-hydrogen) atoms. The molecular formula is C12H22BN3O7. The summed E-state index contributed by atoms with van der Waals surface area (Å²) in [5.41, 5.74) is 9.72. The van der Waals surface area contributed by atoms with Crippen molar-refractivity contribution in [2.45, 2.75) is 37.2 Å². The van der Waals surface area contributed by atoms with Gasteiger partial charge in [-0.2, -0.15) is 0 Å². The lowest BCUT2D eigenvalue weighted by Gasteiger charge is -2.42. The van der Waals surface area contributed by atoms with E-state index in [1.54, 1.807) is 0 Å². The standard InChI is InChI=1S/C12H22BN3O7/c14-8(3-9(17)18)10(19)16-5-7(1-2-13(22)23)4-12(15,6-16)11(20)21/h7-8,22-23H,1-6,14-15H2,(H,17,18)(H,20,21)/t7-,8-,12+/m0/s1. The van der Waals surface area contributed by atoms with Crippen molar-refractivity contribution in [2.75, 3.05) is 13.1 Å². The quantitative estimate of drug-likeness (QED) is 0.269. The Morgan fingerprint density at radius 2 is 1.91 bits per heavy atom. The highest BCUT2D eigenvalue weighted by Gasteiger charge is 2.44. The number of carboxylic acid groups (broad SMARTS) is 2. The minimum atomic E-state index is -1.68. The highest BCUT2D eigenvalue weighted by Crippen LogP contribution is 2.28. The van der Waals surface area contributed by atoms with Crippen LogP contribution in [0.4, 0.5) is 0 Å². The molecule has 3 atom stereocenters. The minimum Gasteiger partial charge on any atom is -0.481 e. The number of piperidine rings is 1. The highest BCUT2D eigenvalue weighted by molar-refractivity contribution is 6.40. The molecule has 0 aliphatic carbocycles. The van der Waals surface area contributed by atoms with Gasteiger partial charge in [-0.15, -0.1) is 0 Å². The van der Waals surface area contributed by atoms with E-state index in [0.29, 0.717) is 0 Å². The Balaban J connectivity index is 2.86. The molecule has 0 unspecified atom stereocenters. The molecule has 1 aliphatic rings. The summed E-state index contributed by atoms with van der Waals surface area (Å²) in [6.45, 7) is -0.127. The molecule has 0 spiro atoms. The smallest absolute Gasteiger partial charge is 0.451 e. The van der Waals surface area contributed by atoms with E-state index in [2.05, 4.69) is 0 Å². The van der Waals surface area contributed by atoms with Gasteiger partial charge in [0.05, 0.1) is 12.5 Å². The van der Waals surface area contributed by atoms with Gasteiger partial charge >= 0.3 is 19.1 Å². The van der Waals surface area contributed by atoms with E-state index in [0.717, 1.165) is 4.90 Å². The van der Waals surface area contributed by atoms with Crippen LogP contribution in [0.5, 0.6) is 0 Å². The number of nitrogens with zero attached hydrogens (tertiary/aromatic N) is 1. The van der Waals surface area contributed by atoms with E-state index in [9.17, 15) is 19.5 Å². The number of rotatable bonds is 7. The zero-order valence-corrected chi connectivity index (χ0v) is 12.6. The van der Waals surface area contributed by atoms with Crippen LogP contribution in [-0.2, 0) is 14.4 Å². The number of hydrogen-bond donors (Lipinski definition) is 6. The van der Waals surface area contributed by atoms with Crippen LogP contribution in [0.3, 0.4) is 0 Å². The first-order chi connectivity index (χ1) is 10.5. The lowest BCUT2D eigenvalue weighted by molar-refractivity contribution is -0.151. The molecule has 1 amide bonds. The van der Waals surface area contributed by atoms with Gasteiger partial charge in [0, 0.05) is 13.1 Å². The molecule has 11 heteroatoms. The number of likely N-dealkylation sites (tertiary alicyclic amines) is 1. The van der Waals surface area contributed by atoms with Crippen LogP contribution < -0.4 is 11.5 Å². The minimum absolute atomic E-state index is 0.0174. The van der Waals surface area contributed by atoms with Gasteiger partial charge in [-0.1, -0.05) is 6.42 Å². The molecule has 10 nitrogen and oxygen atoms in total. The maximum Gasteiger partial charge on any atom is 0.451 e. The first-order valence-electron chi connectivity index (χ1n) is 7.19. The average Bonchev–Trinajstić information content (AvgIpc) is 2.42. The van der Waals surface area contributed by atoms with Crippen molar-refractivity contribution in [3.63, 3.8) is 0 Å². The van der Waals surface area contributed by atoms with E-state index in [-0.39, 0.29) is 38.2 Å². The van der Waals surface area contributed by atoms with Crippen LogP contribution >= 0.6 is 0 Å². The van der Waals surface area contributed by atoms with Gasteiger partial charge in [-0.3, -0.25) is 14.4 Å². The van der Waals surface area contributed by atoms with E-state index in [1.165, 1.54) is 0 Å². The maximum absolute atomic E-state index is 12.2. The second kappa shape index (κ2) is 7.73. The third-order valence-electron chi connectivity index (χ3n) is 3.89. The Hall–Kier alpha value is -1.69. The monoisotopic (exact) mass is 331 g/mol. The predicted molar refractivity (Wildman–Crippen MR) is 79.1 cm³/mol. The number of hydrogen-bond acceptors (Lipinski definition) is 7. The topological polar surface area (TPSA) is 187 Å². The third-order valence-corrected chi connectivity index (χ3v) is 3.89. The Labute approximate surface area is 133 Å². The molecule has 130 valence electrons. The van der Waals surface area contributed by atoms with Crippen LogP contribution in [0.2, 0.25) is 6.32 Å². The van der Waals surface area contributed by atoms with Crippen LogP contribution in [0, 0.1) is 5.92 Å². The van der Waals surface area contributed by atoms with E-state index in [1.807, 2.05) is 0 Å². The lowest BCUT2D eigenvalue weighted by Crippen LogP contribution is -2.64. The summed E-state index contributed by atoms with van der Waals surface area (Å²) in [5.74, 6) is -3.55. The van der Waals surface area contributed by atoms with E-state index in [4.69, 9.17) is 26.6 Å². The van der Waals surface area contributed by atoms with Crippen LogP contribution in [0.25, 0.3) is 0 Å². The molecular weight excluding hydrogens is 309 g/mol. The molecule has 1 aliphatic heterocycles. The molecule has 1 rings (SSSR count). The van der Waals surface area contributed by atoms with Crippen molar-refractivity contribution in [2.24, 2.45) is 17.4 Å². The predicted octanol–water partition coefficient (Wildman–Crippen LogP) is -2.72. The van der Waals surface area contributed by atoms with Gasteiger partial charge in [-0.25, -0.2) is 0 Å². The van der Waals surface area contributed by atoms with Crippen LogP contribution in [0.1, 0.15) is 19.3 Å². The summed E-state index contributed by atoms with van der Waals surface area (Å²) in [7, 11) is -1.53. The summed E-state index contributed by atoms with van der Waals surface area (Å²) in [6.07, 6.45) is -0.210. The van der Waals surface area contributed by atoms with Crippen molar-refractivity contribution in [3.8, 4) is 0 Å². The molecule has 0 aromatic rings. The van der Waals surface area contributed by atoms with Crippen molar-refractivity contribution in [1.82, 2.24) is 4.90 Å². The molecule has 8 N–H and O–H groups in total. The molecule has 1 fully saturated rings. The van der Waals surface area contributed by atoms with Gasteiger partial charge in [0.15, 0.2) is 0 Å². The van der Waals surface area contributed by atoms with Crippen molar-refractivity contribution in [1.29, 1.82) is 0 Å². The third kappa shape index (κ3) is 5.46. The van der Waals surface area contributed by atoms with Crippen molar-refractivity contribution in [3.05, 3.63) is 0 Å². The molecule has 0 saturated carbocycles. The second-order valence-corrected chi connectivity index (χ2v) is 6.01. The zero-order valence-electron chi connectivity index (χ0n) is 12.6. The molecule has 0 radical (unpaired) electrons. The average molecular weight is 331 g/mol. The Morgan fingerprint density at radius 1 is 1.30 bits per heavy atom. The number of carboxylic acids is 2. The first-order valence-corrected chi connectivity index (χ1v) is 7.19. The molecule has 0 aromatic carbocycles. The fourth-order valence-corrected chi connectivity index (χ4v) is 2.77. The normalized spacial score (nSPS) is 25.7. The summed E-state index contributed by atoms with van der Waals surface area (Å²) in [6, 6.07) is -1.28. The summed E-state index contributed by atoms with van der Waals surface area (Å²) in [5, 5.41) is 35.8. The summed E-state index contributed by atoms with van der Waals surface area (Å²) in [4.78, 5) is 35.4. The molecule has 1 saturated heterocycles. The van der Waals surface area contributed by atoms with Crippen molar-refractivity contribution < 1.29 is 34.6 Å². The second-order valence-electron chi connectivity index (χ2n) is 6.01. The fraction of sp³-hybridized carbons (Fsp3) is 0.750. The fourth-order valence-electron chi connectivity index (χ4n) is 2.77. The van der Waals surface area contributed by atoms with Gasteiger partial charge in [-0.05, 0) is 18.7 Å². The van der Waals surface area contributed by atoms with Gasteiger partial charge in [0.25, 0.3) is 0 Å². The number of aliphatic carboxylic acids is 2. The Kier molecular flexibility index (Phi) is 6.51. The lowest BCUT2D eigenvalue weighted by atomic mass is 9.75. The van der Waals surface area contributed by atoms with Crippen LogP contribution in [-0.4, -0.2) is 74.8 Å². The van der Waals surface area contributed by atoms with Gasteiger partial charge in [0.2, 0.25) is 5.91 Å². The molecule has 0 aromatic heterocycles. The number of carbonyl (C=O) groups excluding carboxylic acids is 1. The SMILES string of the molecule is N[C@@H](CC(=O)O)C(=O)N1C[C@@H](CCB(O)O)C[C@](N)(C(=O)O)C1. The largest absolute Gasteiger partial charge is 0.481 e. The Bertz CT molecular complexity index is 476. The Morgan fingerprint density at radius 3 is 2.39 bits per heavy atom. The first kappa shape index (κ1) is 19.4.